The van der Waals surface area contributed by atoms with Crippen molar-refractivity contribution in [3.63, 3.8) is 0 Å². The zero-order valence-corrected chi connectivity index (χ0v) is 28.4. The van der Waals surface area contributed by atoms with Gasteiger partial charge in [-0.05, 0) is 32.1 Å². The van der Waals surface area contributed by atoms with Crippen LogP contribution in [-0.4, -0.2) is 62.4 Å². The summed E-state index contributed by atoms with van der Waals surface area (Å²) in [7, 11) is 0. The van der Waals surface area contributed by atoms with E-state index in [0.717, 1.165) is 19.3 Å². The second kappa shape index (κ2) is 26.5. The SMILES string of the molecule is CCCCCCCCCCCCCCCCCC/C=C/CCCC[N+](C(CC)C(=O)O)(C(CC)C(=O)O)C(CC)C(=O)O. The van der Waals surface area contributed by atoms with Crippen LogP contribution >= 0.6 is 0 Å². The van der Waals surface area contributed by atoms with Crippen LogP contribution in [0.2, 0.25) is 0 Å². The number of unbranched alkanes of at least 4 members (excludes halogenated alkanes) is 18. The fraction of sp³-hybridized carbons (Fsp3) is 0.861. The van der Waals surface area contributed by atoms with Crippen molar-refractivity contribution in [1.82, 2.24) is 0 Å². The van der Waals surface area contributed by atoms with Crippen LogP contribution in [0.4, 0.5) is 0 Å². The number of rotatable bonds is 31. The molecule has 0 radical (unpaired) electrons. The second-order valence-corrected chi connectivity index (χ2v) is 12.6. The van der Waals surface area contributed by atoms with Crippen LogP contribution in [-0.2, 0) is 14.4 Å². The van der Waals surface area contributed by atoms with Gasteiger partial charge in [0.15, 0.2) is 18.1 Å². The minimum atomic E-state index is -1.12. The van der Waals surface area contributed by atoms with Gasteiger partial charge in [-0.1, -0.05) is 136 Å². The Morgan fingerprint density at radius 1 is 0.465 bits per heavy atom. The summed E-state index contributed by atoms with van der Waals surface area (Å²) in [6.07, 6.45) is 30.0. The molecule has 0 bridgehead atoms. The minimum absolute atomic E-state index is 0.183. The molecule has 0 fully saturated rings. The van der Waals surface area contributed by atoms with Gasteiger partial charge in [0.05, 0.1) is 6.54 Å². The van der Waals surface area contributed by atoms with Gasteiger partial charge in [-0.2, -0.15) is 0 Å². The Balaban J connectivity index is 4.35. The number of nitrogens with zero attached hydrogens (tertiary/aromatic N) is 1. The number of carboxylic acids is 3. The molecule has 0 heterocycles. The highest BCUT2D eigenvalue weighted by Crippen LogP contribution is 2.32. The smallest absolute Gasteiger partial charge is 0.362 e. The van der Waals surface area contributed by atoms with E-state index in [9.17, 15) is 29.7 Å². The molecule has 3 atom stereocenters. The third-order valence-corrected chi connectivity index (χ3v) is 9.31. The van der Waals surface area contributed by atoms with E-state index in [1.165, 1.54) is 103 Å². The molecule has 0 spiro atoms. The zero-order chi connectivity index (χ0) is 32.3. The molecular formula is C36H68NO6+. The van der Waals surface area contributed by atoms with Crippen LogP contribution in [0.3, 0.4) is 0 Å². The van der Waals surface area contributed by atoms with Gasteiger partial charge in [-0.3, -0.25) is 4.48 Å². The summed E-state index contributed by atoms with van der Waals surface area (Å²) in [6.45, 7) is 7.62. The van der Waals surface area contributed by atoms with Crippen molar-refractivity contribution >= 4 is 17.9 Å². The molecule has 7 heteroatoms. The maximum absolute atomic E-state index is 12.3. The quantitative estimate of drug-likeness (QED) is 0.0409. The summed E-state index contributed by atoms with van der Waals surface area (Å²) in [5, 5.41) is 30.1. The van der Waals surface area contributed by atoms with Crippen molar-refractivity contribution in [2.45, 2.75) is 193 Å². The Hall–Kier alpha value is -1.89. The molecule has 3 unspecified atom stereocenters. The topological polar surface area (TPSA) is 112 Å². The predicted octanol–water partition coefficient (Wildman–Crippen LogP) is 9.77. The first-order chi connectivity index (χ1) is 20.7. The van der Waals surface area contributed by atoms with E-state index < -0.39 is 40.5 Å². The van der Waals surface area contributed by atoms with E-state index in [2.05, 4.69) is 19.1 Å². The molecule has 0 aromatic rings. The lowest BCUT2D eigenvalue weighted by Crippen LogP contribution is -2.72. The van der Waals surface area contributed by atoms with Crippen molar-refractivity contribution in [3.05, 3.63) is 12.2 Å². The molecule has 252 valence electrons. The fourth-order valence-electron chi connectivity index (χ4n) is 6.97. The molecule has 0 amide bonds. The molecule has 0 aliphatic carbocycles. The average molecular weight is 611 g/mol. The van der Waals surface area contributed by atoms with Crippen LogP contribution in [0.25, 0.3) is 0 Å². The summed E-state index contributed by atoms with van der Waals surface area (Å²) in [5.41, 5.74) is 0. The van der Waals surface area contributed by atoms with E-state index in [1.807, 2.05) is 0 Å². The standard InChI is InChI=1S/C36H67NO6/c1-5-9-10-11-12-13-14-15-16-17-18-19-20-21-22-23-24-25-26-27-28-29-30-37(31(6-2)34(38)39,32(7-3)35(40)41)33(8-4)36(42)43/h25-26,31-33H,5-24,27-30H2,1-4H3,(H2-,38,39,40,41,42,43)/p+1/b26-25+. The van der Waals surface area contributed by atoms with E-state index in [0.29, 0.717) is 6.42 Å². The number of hydrogen-bond donors (Lipinski definition) is 3. The van der Waals surface area contributed by atoms with Crippen LogP contribution < -0.4 is 0 Å². The second-order valence-electron chi connectivity index (χ2n) is 12.6. The van der Waals surface area contributed by atoms with Gasteiger partial charge in [0.2, 0.25) is 0 Å². The van der Waals surface area contributed by atoms with Gasteiger partial charge in [-0.25, -0.2) is 14.4 Å². The summed E-state index contributed by atoms with van der Waals surface area (Å²) < 4.78 is -0.424. The molecule has 43 heavy (non-hydrogen) atoms. The molecule has 0 saturated heterocycles. The number of quaternary nitrogens is 1. The largest absolute Gasteiger partial charge is 0.477 e. The van der Waals surface area contributed by atoms with Gasteiger partial charge in [0.1, 0.15) is 0 Å². The first-order valence-corrected chi connectivity index (χ1v) is 17.9. The van der Waals surface area contributed by atoms with Gasteiger partial charge >= 0.3 is 17.9 Å². The van der Waals surface area contributed by atoms with Crippen LogP contribution in [0.15, 0.2) is 12.2 Å². The van der Waals surface area contributed by atoms with Crippen LogP contribution in [0, 0.1) is 0 Å². The third kappa shape index (κ3) is 16.7. The number of carbonyl (C=O) groups is 3. The van der Waals surface area contributed by atoms with Crippen molar-refractivity contribution < 1.29 is 34.2 Å². The highest BCUT2D eigenvalue weighted by molar-refractivity contribution is 5.78. The highest BCUT2D eigenvalue weighted by atomic mass is 16.4. The third-order valence-electron chi connectivity index (χ3n) is 9.31. The Bertz CT molecular complexity index is 697. The number of hydrogen-bond acceptors (Lipinski definition) is 3. The van der Waals surface area contributed by atoms with Gasteiger partial charge in [0.25, 0.3) is 0 Å². The molecule has 7 nitrogen and oxygen atoms in total. The van der Waals surface area contributed by atoms with E-state index >= 15 is 0 Å². The Kier molecular flexibility index (Phi) is 25.3. The summed E-state index contributed by atoms with van der Waals surface area (Å²) >= 11 is 0. The molecular weight excluding hydrogens is 542 g/mol. The molecule has 0 aromatic carbocycles. The molecule has 0 aliphatic rings. The van der Waals surface area contributed by atoms with Gasteiger partial charge < -0.3 is 15.3 Å². The number of allylic oxidation sites excluding steroid dienone is 2. The molecule has 0 aliphatic heterocycles. The fourth-order valence-corrected chi connectivity index (χ4v) is 6.97. The lowest BCUT2D eigenvalue weighted by molar-refractivity contribution is -0.973. The van der Waals surface area contributed by atoms with Crippen LogP contribution in [0.1, 0.15) is 175 Å². The number of aliphatic carboxylic acids is 3. The number of carboxylic acid groups (broad SMARTS) is 3. The highest BCUT2D eigenvalue weighted by Gasteiger charge is 2.55. The van der Waals surface area contributed by atoms with E-state index in [1.54, 1.807) is 20.8 Å². The van der Waals surface area contributed by atoms with Crippen molar-refractivity contribution in [3.8, 4) is 0 Å². The normalized spacial score (nSPS) is 15.3. The maximum Gasteiger partial charge on any atom is 0.362 e. The molecule has 0 saturated carbocycles. The Morgan fingerprint density at radius 2 is 0.744 bits per heavy atom. The van der Waals surface area contributed by atoms with Crippen molar-refractivity contribution in [2.75, 3.05) is 6.54 Å². The summed E-state index contributed by atoms with van der Waals surface area (Å²) in [6, 6.07) is -3.23. The Morgan fingerprint density at radius 3 is 1.02 bits per heavy atom. The van der Waals surface area contributed by atoms with Gasteiger partial charge in [0, 0.05) is 19.3 Å². The first kappa shape index (κ1) is 41.1. The summed E-state index contributed by atoms with van der Waals surface area (Å²) in [4.78, 5) is 36.8. The average Bonchev–Trinajstić information content (AvgIpc) is 2.96. The first-order valence-electron chi connectivity index (χ1n) is 17.9. The lowest BCUT2D eigenvalue weighted by atomic mass is 9.94. The predicted molar refractivity (Wildman–Crippen MR) is 177 cm³/mol. The maximum atomic E-state index is 12.3. The van der Waals surface area contributed by atoms with Gasteiger partial charge in [-0.15, -0.1) is 0 Å². The van der Waals surface area contributed by atoms with E-state index in [-0.39, 0.29) is 25.8 Å². The molecule has 0 rings (SSSR count). The van der Waals surface area contributed by atoms with Crippen molar-refractivity contribution in [1.29, 1.82) is 0 Å². The molecule has 0 aromatic heterocycles. The van der Waals surface area contributed by atoms with Crippen molar-refractivity contribution in [2.24, 2.45) is 0 Å². The van der Waals surface area contributed by atoms with Crippen LogP contribution in [0.5, 0.6) is 0 Å². The molecule has 3 N–H and O–H groups in total. The lowest BCUT2D eigenvalue weighted by Gasteiger charge is -2.49. The Labute approximate surface area is 264 Å². The monoisotopic (exact) mass is 611 g/mol. The summed E-state index contributed by atoms with van der Waals surface area (Å²) in [5.74, 6) is -3.37. The minimum Gasteiger partial charge on any atom is -0.477 e. The van der Waals surface area contributed by atoms with E-state index in [4.69, 9.17) is 0 Å². The zero-order valence-electron chi connectivity index (χ0n) is 28.4.